The van der Waals surface area contributed by atoms with Crippen molar-refractivity contribution in [2.45, 2.75) is 31.6 Å². The van der Waals surface area contributed by atoms with Gasteiger partial charge in [0.1, 0.15) is 23.0 Å². The molecule has 4 heterocycles. The summed E-state index contributed by atoms with van der Waals surface area (Å²) in [6, 6.07) is 17.5. The van der Waals surface area contributed by atoms with E-state index in [9.17, 15) is 35.9 Å². The summed E-state index contributed by atoms with van der Waals surface area (Å²) in [5.74, 6) is -0.526. The number of aliphatic hydroxyl groups excluding tert-OH is 1. The number of alkyl halides is 6. The number of nitrogens with one attached hydrogen (secondary N) is 2. The van der Waals surface area contributed by atoms with Gasteiger partial charge in [-0.2, -0.15) is 0 Å². The van der Waals surface area contributed by atoms with Crippen LogP contribution in [0.3, 0.4) is 0 Å². The molecule has 2 aliphatic rings. The van der Waals surface area contributed by atoms with E-state index >= 15 is 0 Å². The number of halogens is 8. The Morgan fingerprint density at radius 1 is 0.667 bits per heavy atom. The topological polar surface area (TPSA) is 180 Å². The quantitative estimate of drug-likeness (QED) is 0.0841. The normalized spacial score (nSPS) is 14.7. The van der Waals surface area contributed by atoms with Crippen molar-refractivity contribution in [3.05, 3.63) is 95.2 Å². The molecular weight excluding hydrogens is 1000 g/mol. The maximum absolute atomic E-state index is 12.3. The Hall–Kier alpha value is -6.66. The maximum Gasteiger partial charge on any atom is 0.573 e. The van der Waals surface area contributed by atoms with E-state index in [4.69, 9.17) is 37.8 Å². The number of aliphatic hydroxyl groups is 1. The molecule has 384 valence electrons. The van der Waals surface area contributed by atoms with Gasteiger partial charge in [0.25, 0.3) is 11.8 Å². The van der Waals surface area contributed by atoms with E-state index in [2.05, 4.69) is 73.7 Å². The summed E-state index contributed by atoms with van der Waals surface area (Å²) in [5, 5.41) is 15.7. The highest BCUT2D eigenvalue weighted by atomic mass is 35.5. The molecule has 2 aromatic heterocycles. The molecule has 0 radical (unpaired) electrons. The number of β-amino-alcohol motifs (C(OH)–C–C–N with tert-alkyl or cyclic N) is 1. The van der Waals surface area contributed by atoms with Gasteiger partial charge in [-0.15, -0.1) is 26.3 Å². The van der Waals surface area contributed by atoms with Gasteiger partial charge in [-0.1, -0.05) is 23.2 Å². The Bertz CT molecular complexity index is 2840. The summed E-state index contributed by atoms with van der Waals surface area (Å²) < 4.78 is 92.1. The Labute approximate surface area is 418 Å². The third kappa shape index (κ3) is 15.4. The summed E-state index contributed by atoms with van der Waals surface area (Å²) in [6.07, 6.45) is -4.15. The van der Waals surface area contributed by atoms with Crippen molar-refractivity contribution in [3.63, 3.8) is 0 Å². The van der Waals surface area contributed by atoms with Crippen LogP contribution in [0.5, 0.6) is 23.0 Å². The van der Waals surface area contributed by atoms with Crippen molar-refractivity contribution >= 4 is 80.1 Å². The number of hydrogen-bond donors (Lipinski definition) is 3. The summed E-state index contributed by atoms with van der Waals surface area (Å²) in [4.78, 5) is 51.6. The molecule has 0 aliphatic carbocycles. The van der Waals surface area contributed by atoms with Gasteiger partial charge in [-0.05, 0) is 87.6 Å². The second kappa shape index (κ2) is 23.7. The fourth-order valence-corrected chi connectivity index (χ4v) is 8.13. The largest absolute Gasteiger partial charge is 0.573 e. The number of rotatable bonds is 15. The van der Waals surface area contributed by atoms with Crippen LogP contribution in [0.15, 0.2) is 85.2 Å². The summed E-state index contributed by atoms with van der Waals surface area (Å²) in [6.45, 7) is 4.96. The zero-order valence-corrected chi connectivity index (χ0v) is 40.2. The zero-order chi connectivity index (χ0) is 51.6. The van der Waals surface area contributed by atoms with Crippen molar-refractivity contribution in [1.29, 1.82) is 0 Å². The van der Waals surface area contributed by atoms with E-state index in [0.717, 1.165) is 98.2 Å². The Kier molecular flexibility index (Phi) is 17.5. The molecule has 0 bridgehead atoms. The minimum absolute atomic E-state index is 0.0398. The molecule has 0 spiro atoms. The Morgan fingerprint density at radius 2 is 1.11 bits per heavy atom. The van der Waals surface area contributed by atoms with E-state index < -0.39 is 49.3 Å². The number of carbonyl (C=O) groups is 2. The third-order valence-corrected chi connectivity index (χ3v) is 11.8. The number of ether oxygens (including phenoxy) is 4. The number of piperazine rings is 1. The monoisotopic (exact) mass is 1050 g/mol. The zero-order valence-electron chi connectivity index (χ0n) is 38.6. The second-order valence-corrected chi connectivity index (χ2v) is 17.4. The minimum atomic E-state index is -4.84. The van der Waals surface area contributed by atoms with Crippen LogP contribution in [0.2, 0.25) is 10.0 Å². The molecule has 2 amide bonds. The van der Waals surface area contributed by atoms with E-state index in [0.29, 0.717) is 35.9 Å². The fraction of sp³-hybridized carbons (Fsp3) is 0.362. The lowest BCUT2D eigenvalue weighted by Gasteiger charge is -2.35. The number of anilines is 4. The molecular formula is C47H48Cl2F6N10O7. The van der Waals surface area contributed by atoms with Crippen LogP contribution in [-0.2, 0) is 9.59 Å². The second-order valence-electron chi connectivity index (χ2n) is 16.6. The number of amides is 2. The SMILES string of the molecule is CN(C)C1CCN(c2ncc3cc(NC(=O)COc4ccc(OC(F)(F)F)cc4Cl)ccc3n2)CC1.O=C(COc1ccc(OC(F)(F)F)cc1Cl)Nc1ccc2nc(N3CCN(CCO)CC3)ncc2c1. The van der Waals surface area contributed by atoms with E-state index in [1.807, 2.05) is 0 Å². The van der Waals surface area contributed by atoms with Gasteiger partial charge in [0.05, 0.1) is 27.7 Å². The lowest BCUT2D eigenvalue weighted by Crippen LogP contribution is -2.47. The summed E-state index contributed by atoms with van der Waals surface area (Å²) >= 11 is 11.9. The maximum atomic E-state index is 12.3. The highest BCUT2D eigenvalue weighted by molar-refractivity contribution is 6.32. The predicted molar refractivity (Wildman–Crippen MR) is 258 cm³/mol. The molecule has 6 aromatic rings. The molecule has 0 unspecified atom stereocenters. The molecule has 0 atom stereocenters. The van der Waals surface area contributed by atoms with E-state index in [1.54, 1.807) is 48.8 Å². The number of fused-ring (bicyclic) bond motifs is 2. The Balaban J connectivity index is 0.000000211. The lowest BCUT2D eigenvalue weighted by molar-refractivity contribution is -0.275. The fourth-order valence-electron chi connectivity index (χ4n) is 7.67. The molecule has 17 nitrogen and oxygen atoms in total. The number of nitrogens with zero attached hydrogens (tertiary/aromatic N) is 8. The summed E-state index contributed by atoms with van der Waals surface area (Å²) in [7, 11) is 4.19. The van der Waals surface area contributed by atoms with Crippen LogP contribution in [0, 0.1) is 0 Å². The molecule has 4 aromatic carbocycles. The molecule has 2 fully saturated rings. The van der Waals surface area contributed by atoms with Gasteiger partial charge in [-0.25, -0.2) is 19.9 Å². The van der Waals surface area contributed by atoms with Crippen LogP contribution >= 0.6 is 23.2 Å². The van der Waals surface area contributed by atoms with Crippen molar-refractivity contribution in [2.24, 2.45) is 0 Å². The van der Waals surface area contributed by atoms with Crippen molar-refractivity contribution in [3.8, 4) is 23.0 Å². The molecule has 3 N–H and O–H groups in total. The number of hydrogen-bond acceptors (Lipinski definition) is 15. The number of carbonyl (C=O) groups excluding carboxylic acids is 2. The van der Waals surface area contributed by atoms with Crippen molar-refractivity contribution in [2.75, 3.05) is 100 Å². The van der Waals surface area contributed by atoms with Gasteiger partial charge in [-0.3, -0.25) is 14.5 Å². The standard InChI is InChI=1S/C24H25ClF3N5O3.C23H23ClF3N5O4/c1-32(2)17-7-9-33(10-8-17)23-29-13-15-11-16(3-5-20(15)31-23)30-22(34)14-35-21-6-4-18(12-19(21)25)36-24(26,27)28;24-18-12-17(36-23(25,26)27)2-4-20(18)35-14-21(34)29-16-1-3-19-15(11-16)13-28-22(30-19)32-7-5-31(6-8-32)9-10-33/h3-6,11-13,17H,7-10,14H2,1-2H3,(H,30,34);1-4,11-13,33H,5-10,14H2,(H,29,34). The average molecular weight is 1050 g/mol. The van der Waals surface area contributed by atoms with Crippen LogP contribution in [-0.4, -0.2) is 145 Å². The first-order chi connectivity index (χ1) is 34.3. The van der Waals surface area contributed by atoms with Crippen LogP contribution < -0.4 is 39.4 Å². The van der Waals surface area contributed by atoms with Crippen molar-refractivity contribution < 1.29 is 60.0 Å². The third-order valence-electron chi connectivity index (χ3n) is 11.2. The molecule has 2 saturated heterocycles. The van der Waals surface area contributed by atoms with Crippen LogP contribution in [0.4, 0.5) is 49.6 Å². The lowest BCUT2D eigenvalue weighted by atomic mass is 10.0. The van der Waals surface area contributed by atoms with Gasteiger partial charge in [0, 0.05) is 98.5 Å². The van der Waals surface area contributed by atoms with Crippen LogP contribution in [0.25, 0.3) is 21.8 Å². The van der Waals surface area contributed by atoms with Gasteiger partial charge >= 0.3 is 12.7 Å². The summed E-state index contributed by atoms with van der Waals surface area (Å²) in [5.41, 5.74) is 2.52. The molecule has 8 rings (SSSR count). The molecule has 2 aliphatic heterocycles. The molecule has 25 heteroatoms. The smallest absolute Gasteiger partial charge is 0.482 e. The molecule has 0 saturated carbocycles. The number of piperidine rings is 1. The van der Waals surface area contributed by atoms with Crippen LogP contribution in [0.1, 0.15) is 12.8 Å². The molecule has 72 heavy (non-hydrogen) atoms. The first-order valence-electron chi connectivity index (χ1n) is 22.3. The van der Waals surface area contributed by atoms with Gasteiger partial charge in [0.2, 0.25) is 11.9 Å². The predicted octanol–water partition coefficient (Wildman–Crippen LogP) is 8.04. The average Bonchev–Trinajstić information content (AvgIpc) is 3.33. The highest BCUT2D eigenvalue weighted by Gasteiger charge is 2.32. The van der Waals surface area contributed by atoms with Gasteiger partial charge in [0.15, 0.2) is 13.2 Å². The number of benzene rings is 4. The van der Waals surface area contributed by atoms with Crippen molar-refractivity contribution in [1.82, 2.24) is 29.7 Å². The first-order valence-corrected chi connectivity index (χ1v) is 23.0. The Morgan fingerprint density at radius 3 is 1.51 bits per heavy atom. The number of aromatic nitrogens is 4. The minimum Gasteiger partial charge on any atom is -0.482 e. The van der Waals surface area contributed by atoms with Gasteiger partial charge < -0.3 is 49.4 Å². The van der Waals surface area contributed by atoms with E-state index in [1.165, 1.54) is 12.1 Å². The highest BCUT2D eigenvalue weighted by Crippen LogP contribution is 2.33. The first kappa shape index (κ1) is 53.1. The van der Waals surface area contributed by atoms with E-state index in [-0.39, 0.29) is 28.2 Å².